The van der Waals surface area contributed by atoms with Crippen LogP contribution in [0, 0.1) is 0 Å². The first-order valence-corrected chi connectivity index (χ1v) is 11.6. The molecule has 4 N–H and O–H groups in total. The summed E-state index contributed by atoms with van der Waals surface area (Å²) in [5, 5.41) is 8.87. The van der Waals surface area contributed by atoms with Crippen LogP contribution in [0.5, 0.6) is 5.75 Å². The molecule has 35 heavy (non-hydrogen) atoms. The Bertz CT molecular complexity index is 1710. The van der Waals surface area contributed by atoms with E-state index in [1.54, 1.807) is 6.20 Å². The van der Waals surface area contributed by atoms with Gasteiger partial charge < -0.3 is 20.0 Å². The van der Waals surface area contributed by atoms with Gasteiger partial charge in [-0.3, -0.25) is 9.89 Å². The summed E-state index contributed by atoms with van der Waals surface area (Å²) < 4.78 is 8.20. The summed E-state index contributed by atoms with van der Waals surface area (Å²) in [7, 11) is 0. The number of aromatic nitrogens is 5. The van der Waals surface area contributed by atoms with Crippen LogP contribution in [0.1, 0.15) is 12.0 Å². The number of hydrogen-bond acceptors (Lipinski definition) is 5. The summed E-state index contributed by atoms with van der Waals surface area (Å²) in [6.45, 7) is 1.80. The molecule has 174 valence electrons. The van der Waals surface area contributed by atoms with Crippen LogP contribution in [0.2, 0.25) is 0 Å². The summed E-state index contributed by atoms with van der Waals surface area (Å²) in [6.07, 6.45) is 4.54. The second-order valence-corrected chi connectivity index (χ2v) is 8.57. The van der Waals surface area contributed by atoms with Crippen LogP contribution in [0.4, 0.5) is 0 Å². The summed E-state index contributed by atoms with van der Waals surface area (Å²) in [4.78, 5) is 20.9. The van der Waals surface area contributed by atoms with Gasteiger partial charge in [0.15, 0.2) is 0 Å². The summed E-state index contributed by atoms with van der Waals surface area (Å²) in [5.74, 6) is 0.732. The zero-order valence-electron chi connectivity index (χ0n) is 19.0. The number of H-pyrrole nitrogens is 2. The molecular formula is C27H24N6O2. The highest BCUT2D eigenvalue weighted by atomic mass is 16.5. The van der Waals surface area contributed by atoms with E-state index in [2.05, 4.69) is 19.7 Å². The monoisotopic (exact) mass is 464 g/mol. The van der Waals surface area contributed by atoms with Crippen molar-refractivity contribution in [2.75, 3.05) is 6.54 Å². The number of benzene rings is 3. The highest BCUT2D eigenvalue weighted by molar-refractivity contribution is 5.98. The van der Waals surface area contributed by atoms with Crippen molar-refractivity contribution in [3.63, 3.8) is 0 Å². The van der Waals surface area contributed by atoms with Crippen molar-refractivity contribution in [3.05, 3.63) is 89.0 Å². The molecule has 3 aromatic carbocycles. The van der Waals surface area contributed by atoms with E-state index in [1.165, 1.54) is 0 Å². The van der Waals surface area contributed by atoms with E-state index >= 15 is 0 Å². The lowest BCUT2D eigenvalue weighted by atomic mass is 10.1. The standard InChI is InChI=1S/C27H24N6O2/c28-9-4-10-33-15-21(20-12-19(7-8-25(20)33)35-16-17-5-2-1-3-6-17)26-27(34)31-23-11-18-14-29-32-22(18)13-24(23)30-26/h1-3,5-8,11-15H,4,9-10,16,28H2,(H,29,32)(H,31,34). The number of aromatic amines is 2. The largest absolute Gasteiger partial charge is 0.489 e. The van der Waals surface area contributed by atoms with Crippen molar-refractivity contribution in [2.45, 2.75) is 19.6 Å². The van der Waals surface area contributed by atoms with Crippen LogP contribution >= 0.6 is 0 Å². The van der Waals surface area contributed by atoms with Crippen LogP contribution in [0.3, 0.4) is 0 Å². The number of ether oxygens (including phenoxy) is 1. The Balaban J connectivity index is 1.47. The van der Waals surface area contributed by atoms with Crippen molar-refractivity contribution < 1.29 is 4.74 Å². The second-order valence-electron chi connectivity index (χ2n) is 8.57. The van der Waals surface area contributed by atoms with Gasteiger partial charge in [-0.15, -0.1) is 0 Å². The third-order valence-electron chi connectivity index (χ3n) is 6.21. The molecule has 0 radical (unpaired) electrons. The van der Waals surface area contributed by atoms with Crippen molar-refractivity contribution in [1.29, 1.82) is 0 Å². The molecule has 0 saturated heterocycles. The Labute approximate surface area is 200 Å². The lowest BCUT2D eigenvalue weighted by Gasteiger charge is -2.08. The molecule has 3 aromatic heterocycles. The van der Waals surface area contributed by atoms with Crippen LogP contribution in [-0.2, 0) is 13.2 Å². The van der Waals surface area contributed by atoms with E-state index in [1.807, 2.05) is 66.9 Å². The molecule has 0 amide bonds. The fraction of sp³-hybridized carbons (Fsp3) is 0.148. The number of rotatable bonds is 7. The van der Waals surface area contributed by atoms with Crippen molar-refractivity contribution in [2.24, 2.45) is 5.73 Å². The number of nitrogens with two attached hydrogens (primary N) is 1. The molecule has 0 unspecified atom stereocenters. The second kappa shape index (κ2) is 8.73. The molecule has 0 fully saturated rings. The number of fused-ring (bicyclic) bond motifs is 3. The zero-order valence-corrected chi connectivity index (χ0v) is 19.0. The highest BCUT2D eigenvalue weighted by Gasteiger charge is 2.17. The number of nitrogens with zero attached hydrogens (tertiary/aromatic N) is 3. The van der Waals surface area contributed by atoms with E-state index in [0.717, 1.165) is 51.6 Å². The van der Waals surface area contributed by atoms with Gasteiger partial charge in [-0.05, 0) is 48.9 Å². The number of hydrogen-bond donors (Lipinski definition) is 3. The third-order valence-corrected chi connectivity index (χ3v) is 6.21. The topological polar surface area (TPSA) is 115 Å². The summed E-state index contributed by atoms with van der Waals surface area (Å²) in [5.41, 5.74) is 11.0. The Kier molecular flexibility index (Phi) is 5.27. The molecule has 8 nitrogen and oxygen atoms in total. The van der Waals surface area contributed by atoms with Gasteiger partial charge in [0.1, 0.15) is 18.1 Å². The smallest absolute Gasteiger partial charge is 0.275 e. The maximum Gasteiger partial charge on any atom is 0.275 e. The van der Waals surface area contributed by atoms with Gasteiger partial charge in [-0.2, -0.15) is 5.10 Å². The number of aryl methyl sites for hydroxylation is 1. The van der Waals surface area contributed by atoms with E-state index < -0.39 is 0 Å². The Morgan fingerprint density at radius 1 is 1.03 bits per heavy atom. The van der Waals surface area contributed by atoms with Gasteiger partial charge in [0.2, 0.25) is 0 Å². The quantitative estimate of drug-likeness (QED) is 0.325. The molecule has 0 atom stereocenters. The minimum absolute atomic E-state index is 0.242. The maximum absolute atomic E-state index is 13.2. The van der Waals surface area contributed by atoms with Crippen LogP contribution in [0.15, 0.2) is 77.9 Å². The molecule has 6 rings (SSSR count). The van der Waals surface area contributed by atoms with Crippen molar-refractivity contribution >= 4 is 32.8 Å². The van der Waals surface area contributed by atoms with E-state index in [4.69, 9.17) is 15.5 Å². The van der Waals surface area contributed by atoms with E-state index in [-0.39, 0.29) is 5.56 Å². The predicted molar refractivity (Wildman–Crippen MR) is 137 cm³/mol. The Morgan fingerprint density at radius 3 is 2.77 bits per heavy atom. The first-order valence-electron chi connectivity index (χ1n) is 11.6. The van der Waals surface area contributed by atoms with Crippen LogP contribution < -0.4 is 16.0 Å². The first kappa shape index (κ1) is 21.1. The summed E-state index contributed by atoms with van der Waals surface area (Å²) >= 11 is 0. The molecular weight excluding hydrogens is 440 g/mol. The predicted octanol–water partition coefficient (Wildman–Crippen LogP) is 4.35. The van der Waals surface area contributed by atoms with E-state index in [0.29, 0.717) is 29.9 Å². The van der Waals surface area contributed by atoms with Crippen molar-refractivity contribution in [3.8, 4) is 17.0 Å². The Hall–Kier alpha value is -4.43. The molecule has 0 aliphatic heterocycles. The molecule has 0 saturated carbocycles. The van der Waals surface area contributed by atoms with Crippen LogP contribution in [-0.4, -0.2) is 31.3 Å². The van der Waals surface area contributed by atoms with Gasteiger partial charge in [0.05, 0.1) is 22.7 Å². The average Bonchev–Trinajstić information content (AvgIpc) is 3.49. The lowest BCUT2D eigenvalue weighted by molar-refractivity contribution is 0.306. The molecule has 0 aliphatic carbocycles. The molecule has 0 bridgehead atoms. The third kappa shape index (κ3) is 3.94. The Morgan fingerprint density at radius 2 is 1.91 bits per heavy atom. The molecule has 6 aromatic rings. The minimum atomic E-state index is -0.242. The van der Waals surface area contributed by atoms with Gasteiger partial charge in [0, 0.05) is 34.6 Å². The van der Waals surface area contributed by atoms with Crippen molar-refractivity contribution in [1.82, 2.24) is 24.7 Å². The molecule has 0 aliphatic rings. The fourth-order valence-corrected chi connectivity index (χ4v) is 4.45. The highest BCUT2D eigenvalue weighted by Crippen LogP contribution is 2.32. The van der Waals surface area contributed by atoms with E-state index in [9.17, 15) is 4.79 Å². The van der Waals surface area contributed by atoms with Crippen LogP contribution in [0.25, 0.3) is 44.1 Å². The van der Waals surface area contributed by atoms with Gasteiger partial charge in [0.25, 0.3) is 5.56 Å². The molecule has 8 heteroatoms. The minimum Gasteiger partial charge on any atom is -0.489 e. The number of nitrogens with one attached hydrogen (secondary N) is 2. The van der Waals surface area contributed by atoms with Gasteiger partial charge in [-0.1, -0.05) is 30.3 Å². The first-order chi connectivity index (χ1) is 17.2. The maximum atomic E-state index is 13.2. The lowest BCUT2D eigenvalue weighted by Crippen LogP contribution is -2.11. The fourth-order valence-electron chi connectivity index (χ4n) is 4.45. The normalized spacial score (nSPS) is 11.6. The zero-order chi connectivity index (χ0) is 23.8. The molecule has 3 heterocycles. The summed E-state index contributed by atoms with van der Waals surface area (Å²) in [6, 6.07) is 19.8. The average molecular weight is 465 g/mol. The SMILES string of the molecule is NCCCn1cc(-c2nc3cc4[nH]ncc4cc3[nH]c2=O)c2cc(OCc3ccccc3)ccc21. The van der Waals surface area contributed by atoms with Gasteiger partial charge in [-0.25, -0.2) is 4.98 Å². The molecule has 0 spiro atoms. The van der Waals surface area contributed by atoms with Gasteiger partial charge >= 0.3 is 0 Å².